The highest BCUT2D eigenvalue weighted by atomic mass is 16.7. The molecule has 1 amide bonds. The highest BCUT2D eigenvalue weighted by Gasteiger charge is 2.43. The lowest BCUT2D eigenvalue weighted by Crippen LogP contribution is -2.58. The van der Waals surface area contributed by atoms with E-state index in [9.17, 15) is 4.79 Å². The second-order valence-electron chi connectivity index (χ2n) is 9.61. The van der Waals surface area contributed by atoms with Crippen LogP contribution in [0.25, 0.3) is 0 Å². The van der Waals surface area contributed by atoms with E-state index >= 15 is 0 Å². The molecule has 3 aromatic carbocycles. The van der Waals surface area contributed by atoms with Gasteiger partial charge in [-0.25, -0.2) is 0 Å². The van der Waals surface area contributed by atoms with E-state index in [0.29, 0.717) is 12.2 Å². The maximum Gasteiger partial charge on any atom is 0.253 e. The zero-order valence-corrected chi connectivity index (χ0v) is 21.4. The van der Waals surface area contributed by atoms with Crippen molar-refractivity contribution in [2.24, 2.45) is 0 Å². The van der Waals surface area contributed by atoms with Crippen LogP contribution in [-0.4, -0.2) is 43.8 Å². The molecule has 2 heterocycles. The smallest absolute Gasteiger partial charge is 0.253 e. The van der Waals surface area contributed by atoms with Crippen molar-refractivity contribution in [3.63, 3.8) is 0 Å². The third-order valence-corrected chi connectivity index (χ3v) is 6.90. The van der Waals surface area contributed by atoms with Crippen LogP contribution in [0.5, 0.6) is 0 Å². The first-order valence-corrected chi connectivity index (χ1v) is 12.7. The zero-order valence-electron chi connectivity index (χ0n) is 21.4. The third kappa shape index (κ3) is 5.11. The minimum absolute atomic E-state index is 0.0972. The molecule has 37 heavy (non-hydrogen) atoms. The molecule has 1 N–H and O–H groups in total. The normalized spacial score (nSPS) is 23.8. The first-order chi connectivity index (χ1) is 18.0. The van der Waals surface area contributed by atoms with Crippen LogP contribution in [0, 0.1) is 0 Å². The Labute approximate surface area is 218 Å². The average Bonchev–Trinajstić information content (AvgIpc) is 2.91. The van der Waals surface area contributed by atoms with E-state index in [4.69, 9.17) is 18.9 Å². The number of nitrogens with one attached hydrogen (secondary N) is 1. The van der Waals surface area contributed by atoms with Gasteiger partial charge in [0.05, 0.1) is 18.8 Å². The highest BCUT2D eigenvalue weighted by molar-refractivity contribution is 6.01. The van der Waals surface area contributed by atoms with E-state index in [0.717, 1.165) is 22.3 Å². The molecule has 0 aromatic heterocycles. The number of benzene rings is 3. The largest absolute Gasteiger partial charge is 0.358 e. The molecule has 0 saturated carbocycles. The van der Waals surface area contributed by atoms with Gasteiger partial charge in [-0.1, -0.05) is 96.6 Å². The standard InChI is InChI=1S/C31H33NO5/c1-21(2)28-29(33)32-30(28)37-26-19-34-22(3)36-27(26)20-35-31(23-13-7-4-8-14-23,24-15-9-5-10-16-24)25-17-11-6-12-18-25/h4-18,22,26-27,30H,19-20H2,1-3H3,(H,32,33)/t22-,26-,27+,30-/m1/s1. The molecule has 2 fully saturated rings. The summed E-state index contributed by atoms with van der Waals surface area (Å²) in [7, 11) is 0. The molecule has 6 heteroatoms. The lowest BCUT2D eigenvalue weighted by molar-refractivity contribution is -0.275. The van der Waals surface area contributed by atoms with Gasteiger partial charge in [0.25, 0.3) is 5.91 Å². The summed E-state index contributed by atoms with van der Waals surface area (Å²) in [5.74, 6) is -0.0972. The summed E-state index contributed by atoms with van der Waals surface area (Å²) in [6.07, 6.45) is -1.70. The number of allylic oxidation sites excluding steroid dienone is 1. The van der Waals surface area contributed by atoms with Gasteiger partial charge >= 0.3 is 0 Å². The summed E-state index contributed by atoms with van der Waals surface area (Å²) < 4.78 is 25.2. The Hall–Kier alpha value is -3.29. The molecule has 2 aliphatic heterocycles. The van der Waals surface area contributed by atoms with Gasteiger partial charge in [0, 0.05) is 0 Å². The van der Waals surface area contributed by atoms with E-state index < -0.39 is 30.3 Å². The van der Waals surface area contributed by atoms with Crippen LogP contribution >= 0.6 is 0 Å². The van der Waals surface area contributed by atoms with Crippen molar-refractivity contribution >= 4 is 5.91 Å². The first-order valence-electron chi connectivity index (χ1n) is 12.7. The van der Waals surface area contributed by atoms with Crippen LogP contribution in [0.15, 0.2) is 102 Å². The van der Waals surface area contributed by atoms with Crippen molar-refractivity contribution in [3.8, 4) is 0 Å². The second-order valence-corrected chi connectivity index (χ2v) is 9.61. The summed E-state index contributed by atoms with van der Waals surface area (Å²) in [6, 6.07) is 30.7. The lowest BCUT2D eigenvalue weighted by atomic mass is 9.80. The summed E-state index contributed by atoms with van der Waals surface area (Å²) in [5, 5.41) is 2.83. The lowest BCUT2D eigenvalue weighted by Gasteiger charge is -2.42. The number of hydrogen-bond acceptors (Lipinski definition) is 5. The summed E-state index contributed by atoms with van der Waals surface area (Å²) in [6.45, 7) is 6.28. The number of carbonyl (C=O) groups excluding carboxylic acids is 1. The molecule has 6 nitrogen and oxygen atoms in total. The number of carbonyl (C=O) groups is 1. The van der Waals surface area contributed by atoms with Gasteiger partial charge in [-0.2, -0.15) is 0 Å². The zero-order chi connectivity index (χ0) is 25.8. The van der Waals surface area contributed by atoms with Gasteiger partial charge in [-0.15, -0.1) is 0 Å². The predicted molar refractivity (Wildman–Crippen MR) is 141 cm³/mol. The van der Waals surface area contributed by atoms with Crippen LogP contribution in [0.3, 0.4) is 0 Å². The van der Waals surface area contributed by atoms with Crippen LogP contribution in [0.1, 0.15) is 37.5 Å². The molecule has 192 valence electrons. The van der Waals surface area contributed by atoms with E-state index in [-0.39, 0.29) is 12.5 Å². The monoisotopic (exact) mass is 499 g/mol. The predicted octanol–water partition coefficient (Wildman–Crippen LogP) is 4.93. The van der Waals surface area contributed by atoms with Gasteiger partial charge in [-0.3, -0.25) is 4.79 Å². The maximum absolute atomic E-state index is 12.0. The molecule has 0 aliphatic carbocycles. The van der Waals surface area contributed by atoms with Gasteiger partial charge in [0.2, 0.25) is 0 Å². The number of ether oxygens (including phenoxy) is 4. The van der Waals surface area contributed by atoms with Crippen LogP contribution in [0.2, 0.25) is 0 Å². The SMILES string of the molecule is CC(C)=C1C(=O)N[C@@H]1O[C@@H]1CO[C@@H](C)O[C@H]1COC(c1ccccc1)(c1ccccc1)c1ccccc1. The Kier molecular flexibility index (Phi) is 7.53. The van der Waals surface area contributed by atoms with Gasteiger partial charge in [0.1, 0.15) is 17.8 Å². The number of rotatable bonds is 8. The number of amides is 1. The van der Waals surface area contributed by atoms with Crippen molar-refractivity contribution in [2.75, 3.05) is 13.2 Å². The molecule has 0 unspecified atom stereocenters. The molecule has 0 spiro atoms. The Morgan fingerprint density at radius 2 is 1.41 bits per heavy atom. The fourth-order valence-electron chi connectivity index (χ4n) is 5.04. The Morgan fingerprint density at radius 1 is 0.892 bits per heavy atom. The Bertz CT molecular complexity index is 1130. The van der Waals surface area contributed by atoms with Gasteiger partial charge in [-0.05, 0) is 37.5 Å². The first kappa shape index (κ1) is 25.4. The molecular weight excluding hydrogens is 466 g/mol. The quantitative estimate of drug-likeness (QED) is 0.270. The molecule has 2 aliphatic rings. The van der Waals surface area contributed by atoms with Crippen LogP contribution in [-0.2, 0) is 29.3 Å². The molecule has 4 atom stereocenters. The summed E-state index contributed by atoms with van der Waals surface area (Å²) in [5.41, 5.74) is 3.78. The number of β-lactam (4-membered cyclic amide) rings is 1. The maximum atomic E-state index is 12.0. The van der Waals surface area contributed by atoms with Crippen molar-refractivity contribution in [3.05, 3.63) is 119 Å². The van der Waals surface area contributed by atoms with Gasteiger partial charge < -0.3 is 24.3 Å². The topological polar surface area (TPSA) is 66.0 Å². The van der Waals surface area contributed by atoms with Crippen LogP contribution in [0.4, 0.5) is 0 Å². The van der Waals surface area contributed by atoms with Crippen molar-refractivity contribution < 1.29 is 23.7 Å². The van der Waals surface area contributed by atoms with Gasteiger partial charge in [0.15, 0.2) is 12.5 Å². The van der Waals surface area contributed by atoms with E-state index in [1.165, 1.54) is 0 Å². The number of hydrogen-bond donors (Lipinski definition) is 1. The molecule has 3 aromatic rings. The minimum Gasteiger partial charge on any atom is -0.358 e. The fourth-order valence-corrected chi connectivity index (χ4v) is 5.04. The third-order valence-electron chi connectivity index (χ3n) is 6.90. The second kappa shape index (κ2) is 11.0. The molecule has 5 rings (SSSR count). The molecule has 0 radical (unpaired) electrons. The highest BCUT2D eigenvalue weighted by Crippen LogP contribution is 2.41. The molecule has 0 bridgehead atoms. The Balaban J connectivity index is 1.49. The van der Waals surface area contributed by atoms with E-state index in [2.05, 4.69) is 41.7 Å². The summed E-state index contributed by atoms with van der Waals surface area (Å²) >= 11 is 0. The molecule has 2 saturated heterocycles. The fraction of sp³-hybridized carbons (Fsp3) is 0.323. The Morgan fingerprint density at radius 3 is 1.86 bits per heavy atom. The minimum atomic E-state index is -0.866. The average molecular weight is 500 g/mol. The van der Waals surface area contributed by atoms with E-state index in [1.54, 1.807) is 0 Å². The van der Waals surface area contributed by atoms with Crippen molar-refractivity contribution in [1.29, 1.82) is 0 Å². The van der Waals surface area contributed by atoms with E-state index in [1.807, 2.05) is 75.4 Å². The molecular formula is C31H33NO5. The summed E-state index contributed by atoms with van der Waals surface area (Å²) in [4.78, 5) is 12.0. The van der Waals surface area contributed by atoms with Crippen molar-refractivity contribution in [1.82, 2.24) is 5.32 Å². The van der Waals surface area contributed by atoms with Crippen LogP contribution < -0.4 is 5.32 Å². The van der Waals surface area contributed by atoms with Crippen molar-refractivity contribution in [2.45, 2.75) is 51.1 Å².